The molecule has 2 heterocycles. The first kappa shape index (κ1) is 16.9. The summed E-state index contributed by atoms with van der Waals surface area (Å²) in [5.41, 5.74) is 2.28. The van der Waals surface area contributed by atoms with Crippen LogP contribution >= 0.6 is 0 Å². The predicted molar refractivity (Wildman–Crippen MR) is 101 cm³/mol. The fourth-order valence-corrected chi connectivity index (χ4v) is 3.25. The Hall–Kier alpha value is -3.55. The number of carbonyl (C=O) groups excluding carboxylic acids is 2. The van der Waals surface area contributed by atoms with E-state index in [0.717, 1.165) is 5.69 Å². The van der Waals surface area contributed by atoms with Crippen molar-refractivity contribution in [3.8, 4) is 5.75 Å². The lowest BCUT2D eigenvalue weighted by atomic mass is 10.1. The van der Waals surface area contributed by atoms with Gasteiger partial charge in [-0.3, -0.25) is 9.59 Å². The third kappa shape index (κ3) is 3.29. The highest BCUT2D eigenvalue weighted by atomic mass is 16.5. The van der Waals surface area contributed by atoms with Crippen LogP contribution in [-0.4, -0.2) is 35.4 Å². The molecule has 1 aliphatic heterocycles. The predicted octanol–water partition coefficient (Wildman–Crippen LogP) is 1.86. The first-order valence-corrected chi connectivity index (χ1v) is 8.51. The van der Waals surface area contributed by atoms with Gasteiger partial charge in [0.2, 0.25) is 11.8 Å². The van der Waals surface area contributed by atoms with E-state index in [2.05, 4.69) is 15.3 Å². The second kappa shape index (κ2) is 6.64. The van der Waals surface area contributed by atoms with Crippen LogP contribution in [0.2, 0.25) is 0 Å². The molecule has 3 aromatic rings. The van der Waals surface area contributed by atoms with Crippen molar-refractivity contribution in [2.45, 2.75) is 6.42 Å². The maximum atomic E-state index is 12.6. The van der Waals surface area contributed by atoms with Gasteiger partial charge in [-0.1, -0.05) is 0 Å². The summed E-state index contributed by atoms with van der Waals surface area (Å²) in [6.07, 6.45) is 0.154. The molecule has 4 rings (SSSR count). The molecule has 8 heteroatoms. The van der Waals surface area contributed by atoms with Crippen molar-refractivity contribution < 1.29 is 14.3 Å². The maximum absolute atomic E-state index is 12.6. The van der Waals surface area contributed by atoms with E-state index in [1.54, 1.807) is 54.5 Å². The molecule has 2 amide bonds. The second-order valence-electron chi connectivity index (χ2n) is 6.43. The number of rotatable bonds is 4. The summed E-state index contributed by atoms with van der Waals surface area (Å²) >= 11 is 0. The molecule has 3 N–H and O–H groups in total. The molecular formula is C19H18N4O4. The summed E-state index contributed by atoms with van der Waals surface area (Å²) in [6.45, 7) is 0.320. The fourth-order valence-electron chi connectivity index (χ4n) is 3.25. The van der Waals surface area contributed by atoms with Gasteiger partial charge in [0.05, 0.1) is 24.1 Å². The summed E-state index contributed by atoms with van der Waals surface area (Å²) < 4.78 is 5.12. The molecule has 1 saturated heterocycles. The minimum Gasteiger partial charge on any atom is -0.497 e. The van der Waals surface area contributed by atoms with E-state index in [-0.39, 0.29) is 23.9 Å². The number of ether oxygens (including phenoxy) is 1. The van der Waals surface area contributed by atoms with Crippen molar-refractivity contribution in [2.75, 3.05) is 23.9 Å². The number of benzene rings is 2. The third-order valence-electron chi connectivity index (χ3n) is 4.66. The highest BCUT2D eigenvalue weighted by Crippen LogP contribution is 2.27. The molecule has 27 heavy (non-hydrogen) atoms. The van der Waals surface area contributed by atoms with Crippen LogP contribution in [0, 0.1) is 5.92 Å². The van der Waals surface area contributed by atoms with E-state index in [1.807, 2.05) is 0 Å². The van der Waals surface area contributed by atoms with Crippen LogP contribution < -0.4 is 20.6 Å². The van der Waals surface area contributed by atoms with Gasteiger partial charge in [-0.25, -0.2) is 4.79 Å². The monoisotopic (exact) mass is 366 g/mol. The maximum Gasteiger partial charge on any atom is 0.323 e. The van der Waals surface area contributed by atoms with Gasteiger partial charge in [0, 0.05) is 24.3 Å². The molecule has 1 atom stereocenters. The van der Waals surface area contributed by atoms with E-state index in [9.17, 15) is 14.4 Å². The molecule has 0 saturated carbocycles. The SMILES string of the molecule is COc1ccc(N2CC(C(=O)Nc3ccc4[nH]c(=O)[nH]c4c3)CC2=O)cc1. The molecule has 8 nitrogen and oxygen atoms in total. The van der Waals surface area contributed by atoms with Crippen LogP contribution in [-0.2, 0) is 9.59 Å². The minimum atomic E-state index is -0.444. The zero-order valence-electron chi connectivity index (χ0n) is 14.6. The molecule has 1 unspecified atom stereocenters. The number of anilines is 2. The first-order chi connectivity index (χ1) is 13.0. The molecule has 2 aromatic carbocycles. The topological polar surface area (TPSA) is 107 Å². The second-order valence-corrected chi connectivity index (χ2v) is 6.43. The van der Waals surface area contributed by atoms with Crippen molar-refractivity contribution in [3.05, 3.63) is 52.9 Å². The molecule has 1 aliphatic rings. The summed E-state index contributed by atoms with van der Waals surface area (Å²) in [6, 6.07) is 12.3. The third-order valence-corrected chi connectivity index (χ3v) is 4.66. The number of nitrogens with one attached hydrogen (secondary N) is 3. The Morgan fingerprint density at radius 2 is 1.85 bits per heavy atom. The lowest BCUT2D eigenvalue weighted by Crippen LogP contribution is -2.28. The number of fused-ring (bicyclic) bond motifs is 1. The Morgan fingerprint density at radius 1 is 1.11 bits per heavy atom. The number of amides is 2. The van der Waals surface area contributed by atoms with Crippen LogP contribution in [0.4, 0.5) is 11.4 Å². The molecule has 138 valence electrons. The number of carbonyl (C=O) groups is 2. The lowest BCUT2D eigenvalue weighted by molar-refractivity contribution is -0.122. The van der Waals surface area contributed by atoms with Crippen molar-refractivity contribution in [3.63, 3.8) is 0 Å². The van der Waals surface area contributed by atoms with Crippen molar-refractivity contribution in [2.24, 2.45) is 5.92 Å². The minimum absolute atomic E-state index is 0.0919. The number of nitrogens with zero attached hydrogens (tertiary/aromatic N) is 1. The van der Waals surface area contributed by atoms with Crippen LogP contribution in [0.3, 0.4) is 0 Å². The molecular weight excluding hydrogens is 348 g/mol. The number of methoxy groups -OCH3 is 1. The number of hydrogen-bond donors (Lipinski definition) is 3. The largest absolute Gasteiger partial charge is 0.497 e. The van der Waals surface area contributed by atoms with Crippen molar-refractivity contribution in [1.29, 1.82) is 0 Å². The summed E-state index contributed by atoms with van der Waals surface area (Å²) in [4.78, 5) is 43.2. The van der Waals surface area contributed by atoms with E-state index < -0.39 is 5.92 Å². The molecule has 0 aliphatic carbocycles. The van der Waals surface area contributed by atoms with Gasteiger partial charge < -0.3 is 24.9 Å². The Morgan fingerprint density at radius 3 is 2.59 bits per heavy atom. The van der Waals surface area contributed by atoms with Crippen molar-refractivity contribution >= 4 is 34.2 Å². The van der Waals surface area contributed by atoms with Gasteiger partial charge in [-0.2, -0.15) is 0 Å². The molecule has 1 fully saturated rings. The molecule has 0 bridgehead atoms. The van der Waals surface area contributed by atoms with Crippen molar-refractivity contribution in [1.82, 2.24) is 9.97 Å². The average Bonchev–Trinajstić information content (AvgIpc) is 3.23. The Bertz CT molecular complexity index is 1070. The van der Waals surface area contributed by atoms with E-state index in [0.29, 0.717) is 29.0 Å². The number of hydrogen-bond acceptors (Lipinski definition) is 4. The van der Waals surface area contributed by atoms with Gasteiger partial charge in [0.1, 0.15) is 5.75 Å². The highest BCUT2D eigenvalue weighted by Gasteiger charge is 2.35. The zero-order chi connectivity index (χ0) is 19.0. The highest BCUT2D eigenvalue weighted by molar-refractivity contribution is 6.03. The Kier molecular flexibility index (Phi) is 4.15. The first-order valence-electron chi connectivity index (χ1n) is 8.51. The van der Waals surface area contributed by atoms with Gasteiger partial charge in [-0.15, -0.1) is 0 Å². The summed E-state index contributed by atoms with van der Waals surface area (Å²) in [5.74, 6) is -0.0548. The van der Waals surface area contributed by atoms with Gasteiger partial charge in [0.25, 0.3) is 0 Å². The number of aromatic amines is 2. The standard InChI is InChI=1S/C19H18N4O4/c1-27-14-5-3-13(4-6-14)23-10-11(8-17(23)24)18(25)20-12-2-7-15-16(9-12)22-19(26)21-15/h2-7,9,11H,8,10H2,1H3,(H,20,25)(H2,21,22,26). The van der Waals surface area contributed by atoms with Crippen LogP contribution in [0.25, 0.3) is 11.0 Å². The van der Waals surface area contributed by atoms with Gasteiger partial charge in [0.15, 0.2) is 0 Å². The van der Waals surface area contributed by atoms with Crippen LogP contribution in [0.5, 0.6) is 5.75 Å². The normalized spacial score (nSPS) is 16.7. The Balaban J connectivity index is 1.47. The average molecular weight is 366 g/mol. The lowest BCUT2D eigenvalue weighted by Gasteiger charge is -2.17. The number of aromatic nitrogens is 2. The fraction of sp³-hybridized carbons (Fsp3) is 0.211. The summed E-state index contributed by atoms with van der Waals surface area (Å²) in [7, 11) is 1.58. The zero-order valence-corrected chi connectivity index (χ0v) is 14.6. The van der Waals surface area contributed by atoms with E-state index >= 15 is 0 Å². The number of imidazole rings is 1. The molecule has 0 spiro atoms. The molecule has 0 radical (unpaired) electrons. The number of H-pyrrole nitrogens is 2. The van der Waals surface area contributed by atoms with E-state index in [4.69, 9.17) is 4.74 Å². The van der Waals surface area contributed by atoms with Gasteiger partial charge >= 0.3 is 5.69 Å². The smallest absolute Gasteiger partial charge is 0.323 e. The van der Waals surface area contributed by atoms with E-state index in [1.165, 1.54) is 0 Å². The van der Waals surface area contributed by atoms with Crippen LogP contribution in [0.15, 0.2) is 47.3 Å². The molecule has 1 aromatic heterocycles. The summed E-state index contributed by atoms with van der Waals surface area (Å²) in [5, 5.41) is 2.82. The van der Waals surface area contributed by atoms with Crippen LogP contribution in [0.1, 0.15) is 6.42 Å². The Labute approximate surface area is 154 Å². The van der Waals surface area contributed by atoms with Gasteiger partial charge in [-0.05, 0) is 42.5 Å². The quantitative estimate of drug-likeness (QED) is 0.655.